The van der Waals surface area contributed by atoms with Gasteiger partial charge in [0.2, 0.25) is 0 Å². The van der Waals surface area contributed by atoms with E-state index in [1.165, 1.54) is 0 Å². The van der Waals surface area contributed by atoms with Gasteiger partial charge in [0.25, 0.3) is 0 Å². The Balaban J connectivity index is 4.34. The number of sulfone groups is 1. The maximum absolute atomic E-state index is 11.3. The largest absolute Gasteiger partial charge is 0.481 e. The number of aliphatic carboxylic acids is 1. The van der Waals surface area contributed by atoms with Crippen LogP contribution < -0.4 is 5.32 Å². The smallest absolute Gasteiger partial charge is 0.310 e. The monoisotopic (exact) mass is 279 g/mol. The van der Waals surface area contributed by atoms with Crippen LogP contribution >= 0.6 is 0 Å². The highest BCUT2D eigenvalue weighted by Crippen LogP contribution is 2.30. The summed E-state index contributed by atoms with van der Waals surface area (Å²) in [6.45, 7) is 9.06. The van der Waals surface area contributed by atoms with Crippen LogP contribution in [0.15, 0.2) is 0 Å². The van der Waals surface area contributed by atoms with Gasteiger partial charge in [0.05, 0.1) is 11.2 Å². The summed E-state index contributed by atoms with van der Waals surface area (Å²) in [6.07, 6.45) is 0.495. The van der Waals surface area contributed by atoms with Gasteiger partial charge in [0.1, 0.15) is 9.84 Å². The van der Waals surface area contributed by atoms with E-state index in [1.54, 1.807) is 20.8 Å². The van der Waals surface area contributed by atoms with Crippen LogP contribution in [0.25, 0.3) is 0 Å². The topological polar surface area (TPSA) is 83.5 Å². The summed E-state index contributed by atoms with van der Waals surface area (Å²) < 4.78 is 22.6. The van der Waals surface area contributed by atoms with E-state index in [1.807, 2.05) is 13.8 Å². The second kappa shape index (κ2) is 6.02. The molecule has 6 heteroatoms. The van der Waals surface area contributed by atoms with Gasteiger partial charge in [-0.2, -0.15) is 0 Å². The van der Waals surface area contributed by atoms with Crippen molar-refractivity contribution in [3.8, 4) is 0 Å². The molecule has 0 aliphatic heterocycles. The highest BCUT2D eigenvalue weighted by atomic mass is 32.2. The van der Waals surface area contributed by atoms with Crippen LogP contribution in [0.3, 0.4) is 0 Å². The van der Waals surface area contributed by atoms with E-state index in [-0.39, 0.29) is 11.5 Å². The first-order valence-corrected chi connectivity index (χ1v) is 7.97. The molecule has 0 aliphatic carbocycles. The standard InChI is InChI=1S/C12H25NO4S/c1-6-18(16,17)9-7-8-13-12(4,5)11(2,3)10(14)15/h13H,6-9H2,1-5H3,(H,14,15). The molecule has 0 amide bonds. The van der Waals surface area contributed by atoms with E-state index >= 15 is 0 Å². The fourth-order valence-electron chi connectivity index (χ4n) is 1.33. The van der Waals surface area contributed by atoms with E-state index in [4.69, 9.17) is 5.11 Å². The lowest BCUT2D eigenvalue weighted by Crippen LogP contribution is -2.55. The highest BCUT2D eigenvalue weighted by Gasteiger charge is 2.42. The van der Waals surface area contributed by atoms with Gasteiger partial charge in [0, 0.05) is 11.3 Å². The molecule has 0 aliphatic rings. The van der Waals surface area contributed by atoms with Crippen molar-refractivity contribution in [2.75, 3.05) is 18.1 Å². The van der Waals surface area contributed by atoms with E-state index in [0.29, 0.717) is 13.0 Å². The zero-order valence-electron chi connectivity index (χ0n) is 11.9. The van der Waals surface area contributed by atoms with Crippen LogP contribution in [0.5, 0.6) is 0 Å². The molecule has 0 aromatic carbocycles. The third-order valence-corrected chi connectivity index (χ3v) is 5.53. The normalized spacial score (nSPS) is 13.6. The maximum Gasteiger partial charge on any atom is 0.310 e. The summed E-state index contributed by atoms with van der Waals surface area (Å²) >= 11 is 0. The van der Waals surface area contributed by atoms with Gasteiger partial charge in [-0.3, -0.25) is 4.79 Å². The summed E-state index contributed by atoms with van der Waals surface area (Å²) in [6, 6.07) is 0. The highest BCUT2D eigenvalue weighted by molar-refractivity contribution is 7.91. The van der Waals surface area contributed by atoms with Crippen molar-refractivity contribution >= 4 is 15.8 Å². The number of rotatable bonds is 8. The molecule has 0 bridgehead atoms. The molecule has 2 N–H and O–H groups in total. The van der Waals surface area contributed by atoms with Gasteiger partial charge in [-0.1, -0.05) is 6.92 Å². The van der Waals surface area contributed by atoms with Gasteiger partial charge < -0.3 is 10.4 Å². The molecule has 5 nitrogen and oxygen atoms in total. The van der Waals surface area contributed by atoms with E-state index < -0.39 is 26.8 Å². The molecule has 0 aromatic rings. The molecule has 0 saturated heterocycles. The Hall–Kier alpha value is -0.620. The quantitative estimate of drug-likeness (QED) is 0.654. The number of nitrogens with one attached hydrogen (secondary N) is 1. The second-order valence-electron chi connectivity index (χ2n) is 5.57. The predicted molar refractivity (Wildman–Crippen MR) is 72.4 cm³/mol. The Morgan fingerprint density at radius 3 is 2.11 bits per heavy atom. The van der Waals surface area contributed by atoms with Crippen molar-refractivity contribution in [1.29, 1.82) is 0 Å². The molecule has 0 radical (unpaired) electrons. The Morgan fingerprint density at radius 2 is 1.72 bits per heavy atom. The molecule has 0 atom stereocenters. The third-order valence-electron chi connectivity index (χ3n) is 3.74. The van der Waals surface area contributed by atoms with E-state index in [0.717, 1.165) is 0 Å². The number of carboxylic acids is 1. The van der Waals surface area contributed by atoms with Crippen molar-refractivity contribution in [3.63, 3.8) is 0 Å². The van der Waals surface area contributed by atoms with Crippen LogP contribution in [-0.2, 0) is 14.6 Å². The predicted octanol–water partition coefficient (Wildman–Crippen LogP) is 1.29. The van der Waals surface area contributed by atoms with Crippen molar-refractivity contribution in [2.45, 2.75) is 46.6 Å². The maximum atomic E-state index is 11.3. The van der Waals surface area contributed by atoms with Crippen LogP contribution in [0.2, 0.25) is 0 Å². The number of carbonyl (C=O) groups is 1. The van der Waals surface area contributed by atoms with Gasteiger partial charge in [-0.25, -0.2) is 8.42 Å². The average molecular weight is 279 g/mol. The van der Waals surface area contributed by atoms with Gasteiger partial charge in [-0.15, -0.1) is 0 Å². The van der Waals surface area contributed by atoms with E-state index in [9.17, 15) is 13.2 Å². The number of hydrogen-bond donors (Lipinski definition) is 2. The molecule has 108 valence electrons. The zero-order chi connectivity index (χ0) is 14.6. The summed E-state index contributed by atoms with van der Waals surface area (Å²) in [5, 5.41) is 12.3. The fourth-order valence-corrected chi connectivity index (χ4v) is 2.20. The SMILES string of the molecule is CCS(=O)(=O)CCCNC(C)(C)C(C)(C)C(=O)O. The molecule has 0 spiro atoms. The Labute approximate surface area is 110 Å². The van der Waals surface area contributed by atoms with Crippen molar-refractivity contribution in [2.24, 2.45) is 5.41 Å². The lowest BCUT2D eigenvalue weighted by Gasteiger charge is -2.39. The molecule has 0 saturated carbocycles. The summed E-state index contributed by atoms with van der Waals surface area (Å²) in [5.41, 5.74) is -1.52. The minimum Gasteiger partial charge on any atom is -0.481 e. The third kappa shape index (κ3) is 4.57. The second-order valence-corrected chi connectivity index (χ2v) is 8.04. The van der Waals surface area contributed by atoms with Crippen LogP contribution in [0.1, 0.15) is 41.0 Å². The molecule has 0 fully saturated rings. The van der Waals surface area contributed by atoms with Gasteiger partial charge in [-0.05, 0) is 40.7 Å². The fraction of sp³-hybridized carbons (Fsp3) is 0.917. The van der Waals surface area contributed by atoms with Crippen molar-refractivity contribution < 1.29 is 18.3 Å². The Bertz CT molecular complexity index is 385. The lowest BCUT2D eigenvalue weighted by molar-refractivity contribution is -0.151. The molecule has 0 unspecified atom stereocenters. The molecule has 18 heavy (non-hydrogen) atoms. The lowest BCUT2D eigenvalue weighted by atomic mass is 9.74. The zero-order valence-corrected chi connectivity index (χ0v) is 12.7. The summed E-state index contributed by atoms with van der Waals surface area (Å²) in [5.74, 6) is -0.585. The molecule has 0 rings (SSSR count). The number of hydrogen-bond acceptors (Lipinski definition) is 4. The summed E-state index contributed by atoms with van der Waals surface area (Å²) in [4.78, 5) is 11.2. The van der Waals surface area contributed by atoms with Crippen LogP contribution in [0.4, 0.5) is 0 Å². The van der Waals surface area contributed by atoms with Crippen molar-refractivity contribution in [1.82, 2.24) is 5.32 Å². The van der Waals surface area contributed by atoms with Crippen molar-refractivity contribution in [3.05, 3.63) is 0 Å². The molecule has 0 aromatic heterocycles. The minimum atomic E-state index is -2.95. The minimum absolute atomic E-state index is 0.139. The average Bonchev–Trinajstić information content (AvgIpc) is 2.24. The van der Waals surface area contributed by atoms with Gasteiger partial charge in [0.15, 0.2) is 0 Å². The van der Waals surface area contributed by atoms with E-state index in [2.05, 4.69) is 5.32 Å². The molecular formula is C12H25NO4S. The number of carboxylic acid groups (broad SMARTS) is 1. The first-order chi connectivity index (χ1) is 7.96. The molecular weight excluding hydrogens is 254 g/mol. The van der Waals surface area contributed by atoms with Gasteiger partial charge >= 0.3 is 5.97 Å². The molecule has 0 heterocycles. The van der Waals surface area contributed by atoms with Crippen LogP contribution in [-0.4, -0.2) is 43.1 Å². The van der Waals surface area contributed by atoms with Crippen LogP contribution in [0, 0.1) is 5.41 Å². The first-order valence-electron chi connectivity index (χ1n) is 6.15. The summed E-state index contributed by atoms with van der Waals surface area (Å²) in [7, 11) is -2.95. The Morgan fingerprint density at radius 1 is 1.22 bits per heavy atom. The Kier molecular flexibility index (Phi) is 5.81. The first kappa shape index (κ1) is 17.4.